The van der Waals surface area contributed by atoms with Gasteiger partial charge in [0, 0.05) is 0 Å². The van der Waals surface area contributed by atoms with Gasteiger partial charge in [-0.1, -0.05) is 139 Å². The number of rotatable bonds is 3. The molecular formula is C39H56F6. The molecule has 0 saturated heterocycles. The SMILES string of the molecule is CC1CCC(C)CC1.CC1CCC(C2CCC(C)CC2)CC1.Cc1ccc(C(c2ccc(C)cc2)(C(F)(F)F)C(F)(F)F)cc1. The molecule has 0 bridgehead atoms. The minimum absolute atomic E-state index is 0.580. The highest BCUT2D eigenvalue weighted by molar-refractivity contribution is 5.45. The first-order valence-corrected chi connectivity index (χ1v) is 17.3. The summed E-state index contributed by atoms with van der Waals surface area (Å²) in [6, 6.07) is 8.52. The van der Waals surface area contributed by atoms with E-state index in [1.54, 1.807) is 39.5 Å². The van der Waals surface area contributed by atoms with E-state index in [1.807, 2.05) is 0 Å². The van der Waals surface area contributed by atoms with Gasteiger partial charge in [-0.2, -0.15) is 26.3 Å². The van der Waals surface area contributed by atoms with Crippen molar-refractivity contribution in [3.8, 4) is 0 Å². The largest absolute Gasteiger partial charge is 0.411 e. The molecule has 0 radical (unpaired) electrons. The lowest BCUT2D eigenvalue weighted by molar-refractivity contribution is -0.288. The van der Waals surface area contributed by atoms with Crippen LogP contribution in [0, 0.1) is 49.4 Å². The Bertz CT molecular complexity index is 1010. The van der Waals surface area contributed by atoms with Gasteiger partial charge in [0.15, 0.2) is 0 Å². The molecular weight excluding hydrogens is 582 g/mol. The highest BCUT2D eigenvalue weighted by Gasteiger charge is 2.72. The summed E-state index contributed by atoms with van der Waals surface area (Å²) in [6.45, 7) is 12.8. The van der Waals surface area contributed by atoms with Crippen molar-refractivity contribution in [2.24, 2.45) is 35.5 Å². The van der Waals surface area contributed by atoms with Crippen LogP contribution in [0.25, 0.3) is 0 Å². The normalized spacial score (nSPS) is 27.8. The first kappa shape index (κ1) is 37.5. The van der Waals surface area contributed by atoms with Crippen molar-refractivity contribution >= 4 is 0 Å². The molecule has 0 heterocycles. The monoisotopic (exact) mass is 638 g/mol. The number of hydrogen-bond donors (Lipinski definition) is 0. The first-order valence-electron chi connectivity index (χ1n) is 17.3. The van der Waals surface area contributed by atoms with Gasteiger partial charge in [-0.25, -0.2) is 0 Å². The molecule has 0 aromatic heterocycles. The summed E-state index contributed by atoms with van der Waals surface area (Å²) in [5, 5.41) is 0. The molecule has 254 valence electrons. The molecule has 3 saturated carbocycles. The maximum atomic E-state index is 13.7. The van der Waals surface area contributed by atoms with Crippen molar-refractivity contribution in [2.75, 3.05) is 0 Å². The average Bonchev–Trinajstić information content (AvgIpc) is 2.97. The van der Waals surface area contributed by atoms with E-state index >= 15 is 0 Å². The zero-order valence-electron chi connectivity index (χ0n) is 28.3. The van der Waals surface area contributed by atoms with E-state index in [9.17, 15) is 26.3 Å². The van der Waals surface area contributed by atoms with Crippen LogP contribution in [0.1, 0.15) is 127 Å². The van der Waals surface area contributed by atoms with Gasteiger partial charge in [0.1, 0.15) is 0 Å². The van der Waals surface area contributed by atoms with Gasteiger partial charge in [-0.15, -0.1) is 0 Å². The Balaban J connectivity index is 0.000000210. The fourth-order valence-electron chi connectivity index (χ4n) is 7.53. The smallest absolute Gasteiger partial charge is 0.169 e. The molecule has 2 aromatic rings. The third-order valence-electron chi connectivity index (χ3n) is 10.9. The topological polar surface area (TPSA) is 0 Å². The van der Waals surface area contributed by atoms with Crippen molar-refractivity contribution in [2.45, 2.75) is 136 Å². The van der Waals surface area contributed by atoms with Crippen molar-refractivity contribution in [1.29, 1.82) is 0 Å². The van der Waals surface area contributed by atoms with Crippen LogP contribution in [0.4, 0.5) is 26.3 Å². The molecule has 45 heavy (non-hydrogen) atoms. The average molecular weight is 639 g/mol. The Morgan fingerprint density at radius 1 is 0.400 bits per heavy atom. The second kappa shape index (κ2) is 16.2. The van der Waals surface area contributed by atoms with Gasteiger partial charge in [0.25, 0.3) is 0 Å². The Kier molecular flexibility index (Phi) is 13.5. The lowest BCUT2D eigenvalue weighted by Gasteiger charge is -2.38. The molecule has 0 aliphatic heterocycles. The van der Waals surface area contributed by atoms with E-state index in [-0.39, 0.29) is 0 Å². The first-order chi connectivity index (χ1) is 21.0. The third kappa shape index (κ3) is 10.0. The van der Waals surface area contributed by atoms with E-state index in [1.165, 1.54) is 75.6 Å². The van der Waals surface area contributed by atoms with E-state index in [4.69, 9.17) is 0 Å². The molecule has 0 nitrogen and oxygen atoms in total. The molecule has 0 atom stereocenters. The molecule has 2 aromatic carbocycles. The summed E-state index contributed by atoms with van der Waals surface area (Å²) in [4.78, 5) is 0. The van der Waals surface area contributed by atoms with Crippen molar-refractivity contribution in [3.05, 3.63) is 70.8 Å². The van der Waals surface area contributed by atoms with Crippen LogP contribution in [0.5, 0.6) is 0 Å². The summed E-state index contributed by atoms with van der Waals surface area (Å²) in [7, 11) is 0. The second-order valence-electron chi connectivity index (χ2n) is 14.9. The number of alkyl halides is 6. The van der Waals surface area contributed by atoms with Gasteiger partial charge in [0.05, 0.1) is 0 Å². The van der Waals surface area contributed by atoms with Gasteiger partial charge in [0.2, 0.25) is 5.41 Å². The van der Waals surface area contributed by atoms with E-state index in [2.05, 4.69) is 27.7 Å². The summed E-state index contributed by atoms with van der Waals surface area (Å²) in [5.41, 5.74) is -4.58. The molecule has 0 N–H and O–H groups in total. The predicted octanol–water partition coefficient (Wildman–Crippen LogP) is 13.2. The quantitative estimate of drug-likeness (QED) is 0.294. The Morgan fingerprint density at radius 3 is 0.844 bits per heavy atom. The highest BCUT2D eigenvalue weighted by Crippen LogP contribution is 2.56. The minimum Gasteiger partial charge on any atom is -0.169 e. The van der Waals surface area contributed by atoms with Crippen LogP contribution in [0.15, 0.2) is 48.5 Å². The van der Waals surface area contributed by atoms with Crippen LogP contribution < -0.4 is 0 Å². The van der Waals surface area contributed by atoms with Crippen LogP contribution in [0.2, 0.25) is 0 Å². The molecule has 3 aliphatic carbocycles. The van der Waals surface area contributed by atoms with Crippen molar-refractivity contribution < 1.29 is 26.3 Å². The fraction of sp³-hybridized carbons (Fsp3) is 0.692. The zero-order chi connectivity index (χ0) is 33.4. The zero-order valence-corrected chi connectivity index (χ0v) is 28.3. The maximum absolute atomic E-state index is 13.7. The molecule has 0 spiro atoms. The molecule has 6 heteroatoms. The molecule has 5 rings (SSSR count). The molecule has 0 unspecified atom stereocenters. The number of hydrogen-bond acceptors (Lipinski definition) is 0. The van der Waals surface area contributed by atoms with Crippen LogP contribution in [-0.4, -0.2) is 12.4 Å². The van der Waals surface area contributed by atoms with Gasteiger partial charge in [-0.3, -0.25) is 0 Å². The molecule has 3 aliphatic rings. The van der Waals surface area contributed by atoms with Crippen LogP contribution >= 0.6 is 0 Å². The van der Waals surface area contributed by atoms with Crippen molar-refractivity contribution in [3.63, 3.8) is 0 Å². The Labute approximate surface area is 268 Å². The second-order valence-corrected chi connectivity index (χ2v) is 14.9. The Morgan fingerprint density at radius 2 is 0.622 bits per heavy atom. The number of halogens is 6. The Hall–Kier alpha value is -1.98. The van der Waals surface area contributed by atoms with Crippen LogP contribution in [0.3, 0.4) is 0 Å². The summed E-state index contributed by atoms with van der Waals surface area (Å²) in [6.07, 6.45) is 7.04. The predicted molar refractivity (Wildman–Crippen MR) is 174 cm³/mol. The van der Waals surface area contributed by atoms with Gasteiger partial charge < -0.3 is 0 Å². The van der Waals surface area contributed by atoms with E-state index in [0.29, 0.717) is 11.1 Å². The lowest BCUT2D eigenvalue weighted by atomic mass is 9.70. The summed E-state index contributed by atoms with van der Waals surface area (Å²) >= 11 is 0. The number of aryl methyl sites for hydroxylation is 2. The minimum atomic E-state index is -5.53. The van der Waals surface area contributed by atoms with Gasteiger partial charge in [-0.05, 0) is 86.2 Å². The number of benzene rings is 2. The van der Waals surface area contributed by atoms with Crippen LogP contribution in [-0.2, 0) is 5.41 Å². The third-order valence-corrected chi connectivity index (χ3v) is 10.9. The standard InChI is InChI=1S/C17H14F6.C14H26.C8H16/c1-11-3-7-13(8-4-11)15(16(18,19)20,17(21,22)23)14-9-5-12(2)6-10-14;1-11-3-7-13(8-4-11)14-9-5-12(2)6-10-14;1-7-3-5-8(2)6-4-7/h3-10H,1-2H3;11-14H,3-10H2,1-2H3;7-8H,3-6H2,1-2H3. The van der Waals surface area contributed by atoms with E-state index in [0.717, 1.165) is 59.8 Å². The summed E-state index contributed by atoms with van der Waals surface area (Å²) < 4.78 is 82.3. The molecule has 3 fully saturated rings. The van der Waals surface area contributed by atoms with E-state index < -0.39 is 28.9 Å². The maximum Gasteiger partial charge on any atom is 0.411 e. The van der Waals surface area contributed by atoms with Crippen molar-refractivity contribution in [1.82, 2.24) is 0 Å². The van der Waals surface area contributed by atoms with Gasteiger partial charge >= 0.3 is 12.4 Å². The highest BCUT2D eigenvalue weighted by atomic mass is 19.4. The lowest BCUT2D eigenvalue weighted by Crippen LogP contribution is -2.54. The molecule has 0 amide bonds. The summed E-state index contributed by atoms with van der Waals surface area (Å²) in [5.74, 6) is 6.30. The fourth-order valence-corrected chi connectivity index (χ4v) is 7.53.